The first-order chi connectivity index (χ1) is 16.1. The van der Waals surface area contributed by atoms with E-state index in [9.17, 15) is 26.4 Å². The Morgan fingerprint density at radius 2 is 1.65 bits per heavy atom. The van der Waals surface area contributed by atoms with E-state index in [2.05, 4.69) is 18.8 Å². The highest BCUT2D eigenvalue weighted by Crippen LogP contribution is 2.30. The topological polar surface area (TPSA) is 101 Å². The molecule has 4 rings (SSSR count). The van der Waals surface area contributed by atoms with Gasteiger partial charge in [-0.2, -0.15) is 26.6 Å². The molecule has 0 fully saturated rings. The third kappa shape index (κ3) is 5.41. The number of benzene rings is 3. The number of hydrogen-bond donors (Lipinski definition) is 2. The summed E-state index contributed by atoms with van der Waals surface area (Å²) in [4.78, 5) is 12.9. The average Bonchev–Trinajstić information content (AvgIpc) is 3.28. The maximum atomic E-state index is 13.2. The minimum absolute atomic E-state index is 0.0117. The van der Waals surface area contributed by atoms with Crippen molar-refractivity contribution in [2.45, 2.75) is 23.5 Å². The zero-order chi connectivity index (χ0) is 24.3. The van der Waals surface area contributed by atoms with Gasteiger partial charge in [-0.1, -0.05) is 36.4 Å². The molecule has 12 heteroatoms. The van der Waals surface area contributed by atoms with Gasteiger partial charge in [0.15, 0.2) is 0 Å². The predicted octanol–water partition coefficient (Wildman–Crippen LogP) is 4.24. The molecule has 0 saturated carbocycles. The molecule has 0 unspecified atom stereocenters. The van der Waals surface area contributed by atoms with E-state index in [0.717, 1.165) is 36.0 Å². The summed E-state index contributed by atoms with van der Waals surface area (Å²) in [6.07, 6.45) is -4.50. The maximum absolute atomic E-state index is 13.2. The molecule has 0 saturated heterocycles. The van der Waals surface area contributed by atoms with Gasteiger partial charge < -0.3 is 5.32 Å². The monoisotopic (exact) mass is 506 g/mol. The first-order valence-corrected chi connectivity index (χ1v) is 12.1. The summed E-state index contributed by atoms with van der Waals surface area (Å²) < 4.78 is 75.3. The number of aromatic nitrogens is 2. The fourth-order valence-electron chi connectivity index (χ4n) is 3.26. The summed E-state index contributed by atoms with van der Waals surface area (Å²) in [7, 11) is -4.19. The quantitative estimate of drug-likeness (QED) is 0.391. The normalized spacial score (nSPS) is 13.0. The van der Waals surface area contributed by atoms with Crippen molar-refractivity contribution < 1.29 is 26.4 Å². The molecule has 0 spiro atoms. The number of carbonyl (C=O) groups is 1. The lowest BCUT2D eigenvalue weighted by atomic mass is 10.1. The molecule has 1 aromatic heterocycles. The van der Waals surface area contributed by atoms with Gasteiger partial charge in [0.1, 0.15) is 22.0 Å². The molecular formula is C22H17F3N4O3S2. The summed E-state index contributed by atoms with van der Waals surface area (Å²) >= 11 is 0.864. The molecule has 0 radical (unpaired) electrons. The maximum Gasteiger partial charge on any atom is 0.416 e. The third-order valence-corrected chi connectivity index (χ3v) is 6.96. The van der Waals surface area contributed by atoms with Crippen LogP contribution >= 0.6 is 11.7 Å². The van der Waals surface area contributed by atoms with Gasteiger partial charge in [-0.25, -0.2) is 8.42 Å². The summed E-state index contributed by atoms with van der Waals surface area (Å²) in [5, 5.41) is 2.49. The van der Waals surface area contributed by atoms with Crippen LogP contribution in [0.3, 0.4) is 0 Å². The number of rotatable bonds is 7. The third-order valence-electron chi connectivity index (χ3n) is 4.91. The van der Waals surface area contributed by atoms with Crippen LogP contribution in [-0.4, -0.2) is 29.1 Å². The van der Waals surface area contributed by atoms with E-state index >= 15 is 0 Å². The Balaban J connectivity index is 1.61. The van der Waals surface area contributed by atoms with E-state index in [-0.39, 0.29) is 22.5 Å². The largest absolute Gasteiger partial charge is 0.416 e. The number of halogens is 3. The summed E-state index contributed by atoms with van der Waals surface area (Å²) in [5.74, 6) is -0.726. The van der Waals surface area contributed by atoms with E-state index in [1.54, 1.807) is 36.4 Å². The second-order valence-electron chi connectivity index (χ2n) is 7.32. The molecule has 34 heavy (non-hydrogen) atoms. The molecule has 4 aromatic rings. The predicted molar refractivity (Wildman–Crippen MR) is 122 cm³/mol. The van der Waals surface area contributed by atoms with Crippen LogP contribution in [0.2, 0.25) is 0 Å². The van der Waals surface area contributed by atoms with Crippen molar-refractivity contribution in [2.75, 3.05) is 5.32 Å². The number of sulfonamides is 1. The molecular weight excluding hydrogens is 489 g/mol. The number of hydrogen-bond acceptors (Lipinski definition) is 6. The average molecular weight is 507 g/mol. The van der Waals surface area contributed by atoms with Gasteiger partial charge in [-0.3, -0.25) is 4.79 Å². The standard InChI is InChI=1S/C22H17F3N4O3S2/c23-22(24,25)15-9-11-16(12-10-15)26-21(30)18(13-14-5-2-1-3-6-14)29-34(31,32)19-8-4-7-17-20(19)28-33-27-17/h1-12,18,29H,13H2,(H,26,30)/t18-/m1/s1. The molecule has 176 valence electrons. The zero-order valence-electron chi connectivity index (χ0n) is 17.3. The fraction of sp³-hybridized carbons (Fsp3) is 0.136. The highest BCUT2D eigenvalue weighted by molar-refractivity contribution is 7.89. The van der Waals surface area contributed by atoms with Crippen LogP contribution < -0.4 is 10.0 Å². The van der Waals surface area contributed by atoms with Crippen LogP contribution in [0.1, 0.15) is 11.1 Å². The van der Waals surface area contributed by atoms with Gasteiger partial charge in [0, 0.05) is 5.69 Å². The van der Waals surface area contributed by atoms with Crippen molar-refractivity contribution in [1.82, 2.24) is 13.5 Å². The number of anilines is 1. The van der Waals surface area contributed by atoms with Crippen molar-refractivity contribution >= 4 is 44.4 Å². The molecule has 1 heterocycles. The number of carbonyl (C=O) groups excluding carboxylic acids is 1. The smallest absolute Gasteiger partial charge is 0.325 e. The number of nitrogens with one attached hydrogen (secondary N) is 2. The fourth-order valence-corrected chi connectivity index (χ4v) is 5.22. The summed E-state index contributed by atoms with van der Waals surface area (Å²) in [6, 6.07) is 15.9. The van der Waals surface area contributed by atoms with Gasteiger partial charge in [-0.05, 0) is 48.4 Å². The Morgan fingerprint density at radius 1 is 0.941 bits per heavy atom. The molecule has 2 N–H and O–H groups in total. The Kier molecular flexibility index (Phi) is 6.64. The van der Waals surface area contributed by atoms with Crippen molar-refractivity contribution in [3.05, 3.63) is 83.9 Å². The van der Waals surface area contributed by atoms with E-state index in [4.69, 9.17) is 0 Å². The van der Waals surface area contributed by atoms with Crippen LogP contribution in [0.25, 0.3) is 11.0 Å². The van der Waals surface area contributed by atoms with Gasteiger partial charge in [0.2, 0.25) is 15.9 Å². The van der Waals surface area contributed by atoms with Gasteiger partial charge in [0.25, 0.3) is 0 Å². The van der Waals surface area contributed by atoms with Crippen LogP contribution in [0.15, 0.2) is 77.7 Å². The minimum atomic E-state index is -4.51. The molecule has 0 bridgehead atoms. The van der Waals surface area contributed by atoms with E-state index < -0.39 is 33.7 Å². The van der Waals surface area contributed by atoms with E-state index in [1.165, 1.54) is 12.1 Å². The highest BCUT2D eigenvalue weighted by atomic mass is 32.2. The molecule has 0 aliphatic carbocycles. The minimum Gasteiger partial charge on any atom is -0.325 e. The van der Waals surface area contributed by atoms with Crippen molar-refractivity contribution in [2.24, 2.45) is 0 Å². The van der Waals surface area contributed by atoms with E-state index in [1.807, 2.05) is 0 Å². The van der Waals surface area contributed by atoms with Crippen LogP contribution in [0.4, 0.5) is 18.9 Å². The first kappa shape index (κ1) is 23.8. The molecule has 7 nitrogen and oxygen atoms in total. The second-order valence-corrected chi connectivity index (χ2v) is 9.53. The Hall–Kier alpha value is -3.35. The molecule has 1 atom stereocenters. The Bertz CT molecular complexity index is 1410. The summed E-state index contributed by atoms with van der Waals surface area (Å²) in [5.41, 5.74) is 0.507. The number of fused-ring (bicyclic) bond motifs is 1. The molecule has 3 aromatic carbocycles. The van der Waals surface area contributed by atoms with Gasteiger partial charge in [-0.15, -0.1) is 0 Å². The van der Waals surface area contributed by atoms with Gasteiger partial charge in [0.05, 0.1) is 17.3 Å². The molecule has 1 amide bonds. The number of amides is 1. The molecule has 0 aliphatic rings. The van der Waals surface area contributed by atoms with Crippen molar-refractivity contribution in [3.63, 3.8) is 0 Å². The molecule has 0 aliphatic heterocycles. The van der Waals surface area contributed by atoms with Crippen molar-refractivity contribution in [3.8, 4) is 0 Å². The Labute approximate surface area is 197 Å². The zero-order valence-corrected chi connectivity index (χ0v) is 18.9. The Morgan fingerprint density at radius 3 is 2.32 bits per heavy atom. The number of nitrogens with zero attached hydrogens (tertiary/aromatic N) is 2. The van der Waals surface area contributed by atoms with Crippen LogP contribution in [-0.2, 0) is 27.4 Å². The van der Waals surface area contributed by atoms with E-state index in [0.29, 0.717) is 11.1 Å². The lowest BCUT2D eigenvalue weighted by Crippen LogP contribution is -2.45. The van der Waals surface area contributed by atoms with Crippen molar-refractivity contribution in [1.29, 1.82) is 0 Å². The highest BCUT2D eigenvalue weighted by Gasteiger charge is 2.31. The second kappa shape index (κ2) is 9.49. The van der Waals surface area contributed by atoms with Crippen LogP contribution in [0.5, 0.6) is 0 Å². The lowest BCUT2D eigenvalue weighted by Gasteiger charge is -2.19. The summed E-state index contributed by atoms with van der Waals surface area (Å²) in [6.45, 7) is 0. The number of alkyl halides is 3. The lowest BCUT2D eigenvalue weighted by molar-refractivity contribution is -0.137. The SMILES string of the molecule is O=C(Nc1ccc(C(F)(F)F)cc1)[C@@H](Cc1ccccc1)NS(=O)(=O)c1cccc2nsnc12. The van der Waals surface area contributed by atoms with Crippen LogP contribution in [0, 0.1) is 0 Å². The first-order valence-electron chi connectivity index (χ1n) is 9.89. The van der Waals surface area contributed by atoms with Gasteiger partial charge >= 0.3 is 6.18 Å².